The van der Waals surface area contributed by atoms with Gasteiger partial charge in [0.05, 0.1) is 0 Å². The maximum absolute atomic E-state index is 5.37. The molecule has 0 bridgehead atoms. The fourth-order valence-electron chi connectivity index (χ4n) is 0.922. The molecule has 8 heavy (non-hydrogen) atoms. The molecular formula is C6H14N2. The quantitative estimate of drug-likeness (QED) is 0.525. The number of hydrogen-bond donors (Lipinski definition) is 1. The monoisotopic (exact) mass is 114 g/mol. The van der Waals surface area contributed by atoms with Crippen LogP contribution in [0.5, 0.6) is 0 Å². The summed E-state index contributed by atoms with van der Waals surface area (Å²) in [5.74, 6) is 0. The lowest BCUT2D eigenvalue weighted by Crippen LogP contribution is -2.18. The Balaban J connectivity index is 2.03. The molecule has 1 unspecified atom stereocenters. The zero-order chi connectivity index (χ0) is 5.98. The molecule has 0 saturated carbocycles. The molecule has 2 nitrogen and oxygen atoms in total. The average molecular weight is 114 g/mol. The Labute approximate surface area is 50.7 Å². The topological polar surface area (TPSA) is 29.0 Å². The van der Waals surface area contributed by atoms with E-state index in [0.717, 1.165) is 19.0 Å². The van der Waals surface area contributed by atoms with Gasteiger partial charge in [0.25, 0.3) is 0 Å². The van der Waals surface area contributed by atoms with Crippen LogP contribution in [-0.2, 0) is 0 Å². The van der Waals surface area contributed by atoms with Crippen molar-refractivity contribution < 1.29 is 0 Å². The van der Waals surface area contributed by atoms with E-state index < -0.39 is 0 Å². The summed E-state index contributed by atoms with van der Waals surface area (Å²) in [6.45, 7) is 5.65. The molecule has 1 rings (SSSR count). The van der Waals surface area contributed by atoms with E-state index in [-0.39, 0.29) is 0 Å². The summed E-state index contributed by atoms with van der Waals surface area (Å²) in [6, 6.07) is 0.736. The Morgan fingerprint density at radius 2 is 2.25 bits per heavy atom. The number of nitrogens with zero attached hydrogens (tertiary/aromatic N) is 1. The van der Waals surface area contributed by atoms with Gasteiger partial charge in [-0.15, -0.1) is 0 Å². The van der Waals surface area contributed by atoms with Crippen molar-refractivity contribution in [3.63, 3.8) is 0 Å². The fraction of sp³-hybridized carbons (Fsp3) is 1.00. The van der Waals surface area contributed by atoms with E-state index in [1.165, 1.54) is 13.1 Å². The van der Waals surface area contributed by atoms with Crippen molar-refractivity contribution in [3.05, 3.63) is 0 Å². The molecule has 48 valence electrons. The molecule has 0 amide bonds. The maximum atomic E-state index is 5.37. The van der Waals surface area contributed by atoms with Gasteiger partial charge in [0.2, 0.25) is 0 Å². The maximum Gasteiger partial charge on any atom is 0.0113 e. The Morgan fingerprint density at radius 3 is 2.62 bits per heavy atom. The summed E-state index contributed by atoms with van der Waals surface area (Å²) < 4.78 is 0. The molecule has 0 spiro atoms. The highest BCUT2D eigenvalue weighted by atomic mass is 15.3. The molecule has 0 radical (unpaired) electrons. The predicted molar refractivity (Wildman–Crippen MR) is 34.7 cm³/mol. The summed E-state index contributed by atoms with van der Waals surface area (Å²) in [5, 5.41) is 0. The van der Waals surface area contributed by atoms with Gasteiger partial charge in [-0.2, -0.15) is 0 Å². The van der Waals surface area contributed by atoms with Crippen molar-refractivity contribution in [1.82, 2.24) is 4.90 Å². The third kappa shape index (κ3) is 1.46. The SMILES string of the molecule is CC(CCN)N1CC1. The van der Waals surface area contributed by atoms with E-state index in [4.69, 9.17) is 5.73 Å². The van der Waals surface area contributed by atoms with Crippen LogP contribution >= 0.6 is 0 Å². The minimum absolute atomic E-state index is 0.736. The van der Waals surface area contributed by atoms with E-state index in [2.05, 4.69) is 11.8 Å². The van der Waals surface area contributed by atoms with Gasteiger partial charge < -0.3 is 5.73 Å². The lowest BCUT2D eigenvalue weighted by Gasteiger charge is -2.08. The summed E-state index contributed by atoms with van der Waals surface area (Å²) in [4.78, 5) is 2.42. The Bertz CT molecular complexity index is 68.9. The molecule has 0 aromatic carbocycles. The lowest BCUT2D eigenvalue weighted by atomic mass is 10.2. The number of nitrogens with two attached hydrogens (primary N) is 1. The van der Waals surface area contributed by atoms with Crippen LogP contribution in [0.3, 0.4) is 0 Å². The molecule has 1 heterocycles. The second-order valence-electron chi connectivity index (χ2n) is 2.46. The van der Waals surface area contributed by atoms with Gasteiger partial charge >= 0.3 is 0 Å². The second kappa shape index (κ2) is 2.46. The van der Waals surface area contributed by atoms with Crippen LogP contribution in [-0.4, -0.2) is 30.6 Å². The fourth-order valence-corrected chi connectivity index (χ4v) is 0.922. The zero-order valence-corrected chi connectivity index (χ0v) is 5.43. The number of hydrogen-bond acceptors (Lipinski definition) is 2. The smallest absolute Gasteiger partial charge is 0.0113 e. The van der Waals surface area contributed by atoms with E-state index in [1.807, 2.05) is 0 Å². The highest BCUT2D eigenvalue weighted by Crippen LogP contribution is 2.11. The molecular weight excluding hydrogens is 100 g/mol. The standard InChI is InChI=1S/C6H14N2/c1-6(2-3-7)8-4-5-8/h6H,2-5,7H2,1H3. The van der Waals surface area contributed by atoms with Gasteiger partial charge in [-0.3, -0.25) is 4.90 Å². The van der Waals surface area contributed by atoms with Crippen molar-refractivity contribution >= 4 is 0 Å². The van der Waals surface area contributed by atoms with Crippen LogP contribution in [0.25, 0.3) is 0 Å². The van der Waals surface area contributed by atoms with Crippen LogP contribution in [0, 0.1) is 0 Å². The van der Waals surface area contributed by atoms with E-state index >= 15 is 0 Å². The minimum atomic E-state index is 0.736. The van der Waals surface area contributed by atoms with Gasteiger partial charge in [0.15, 0.2) is 0 Å². The molecule has 1 atom stereocenters. The molecule has 0 aliphatic carbocycles. The van der Waals surface area contributed by atoms with Gasteiger partial charge in [-0.05, 0) is 19.9 Å². The van der Waals surface area contributed by atoms with Gasteiger partial charge in [0, 0.05) is 19.1 Å². The van der Waals surface area contributed by atoms with E-state index in [1.54, 1.807) is 0 Å². The molecule has 1 saturated heterocycles. The third-order valence-corrected chi connectivity index (χ3v) is 1.69. The van der Waals surface area contributed by atoms with E-state index in [9.17, 15) is 0 Å². The first-order chi connectivity index (χ1) is 3.84. The average Bonchev–Trinajstić information content (AvgIpc) is 2.45. The van der Waals surface area contributed by atoms with Crippen LogP contribution in [0.4, 0.5) is 0 Å². The Morgan fingerprint density at radius 1 is 1.62 bits per heavy atom. The van der Waals surface area contributed by atoms with Crippen LogP contribution in [0.15, 0.2) is 0 Å². The summed E-state index contributed by atoms with van der Waals surface area (Å²) in [6.07, 6.45) is 1.15. The second-order valence-corrected chi connectivity index (χ2v) is 2.46. The van der Waals surface area contributed by atoms with Crippen molar-refractivity contribution in [1.29, 1.82) is 0 Å². The molecule has 0 aromatic heterocycles. The third-order valence-electron chi connectivity index (χ3n) is 1.69. The van der Waals surface area contributed by atoms with Gasteiger partial charge in [0.1, 0.15) is 0 Å². The molecule has 1 aliphatic heterocycles. The Kier molecular flexibility index (Phi) is 1.86. The van der Waals surface area contributed by atoms with Crippen LogP contribution < -0.4 is 5.73 Å². The van der Waals surface area contributed by atoms with Crippen molar-refractivity contribution in [2.45, 2.75) is 19.4 Å². The number of rotatable bonds is 3. The van der Waals surface area contributed by atoms with Crippen molar-refractivity contribution in [2.75, 3.05) is 19.6 Å². The van der Waals surface area contributed by atoms with Crippen LogP contribution in [0.2, 0.25) is 0 Å². The lowest BCUT2D eigenvalue weighted by molar-refractivity contribution is 0.408. The zero-order valence-electron chi connectivity index (χ0n) is 5.43. The van der Waals surface area contributed by atoms with Crippen molar-refractivity contribution in [2.24, 2.45) is 5.73 Å². The minimum Gasteiger partial charge on any atom is -0.330 e. The largest absolute Gasteiger partial charge is 0.330 e. The Hall–Kier alpha value is -0.0800. The molecule has 1 aliphatic rings. The molecule has 2 heteroatoms. The summed E-state index contributed by atoms with van der Waals surface area (Å²) >= 11 is 0. The highest BCUT2D eigenvalue weighted by molar-refractivity contribution is 4.78. The molecule has 0 aromatic rings. The first-order valence-corrected chi connectivity index (χ1v) is 3.28. The summed E-state index contributed by atoms with van der Waals surface area (Å²) in [7, 11) is 0. The highest BCUT2D eigenvalue weighted by Gasteiger charge is 2.22. The first kappa shape index (κ1) is 6.05. The molecule has 2 N–H and O–H groups in total. The predicted octanol–water partition coefficient (Wildman–Crippen LogP) is 0.0393. The first-order valence-electron chi connectivity index (χ1n) is 3.28. The van der Waals surface area contributed by atoms with Gasteiger partial charge in [-0.25, -0.2) is 0 Å². The van der Waals surface area contributed by atoms with Crippen LogP contribution in [0.1, 0.15) is 13.3 Å². The van der Waals surface area contributed by atoms with Crippen molar-refractivity contribution in [3.8, 4) is 0 Å². The summed E-state index contributed by atoms with van der Waals surface area (Å²) in [5.41, 5.74) is 5.37. The van der Waals surface area contributed by atoms with Gasteiger partial charge in [-0.1, -0.05) is 0 Å². The normalized spacial score (nSPS) is 23.2. The van der Waals surface area contributed by atoms with E-state index in [0.29, 0.717) is 0 Å². The molecule has 1 fully saturated rings.